The molecule has 0 unspecified atom stereocenters. The number of fused-ring (bicyclic) bond motifs is 1. The van der Waals surface area contributed by atoms with Crippen LogP contribution in [0.1, 0.15) is 19.3 Å². The number of aliphatic hydroxyl groups excluding tert-OH is 1. The molecule has 0 radical (unpaired) electrons. The Balaban J connectivity index is 1.85. The Morgan fingerprint density at radius 3 is 3.00 bits per heavy atom. The van der Waals surface area contributed by atoms with Crippen LogP contribution < -0.4 is 5.32 Å². The zero-order valence-electron chi connectivity index (χ0n) is 9.63. The van der Waals surface area contributed by atoms with Crippen molar-refractivity contribution in [3.05, 3.63) is 36.5 Å². The quantitative estimate of drug-likeness (QED) is 0.830. The molecule has 3 nitrogen and oxygen atoms in total. The topological polar surface area (TPSA) is 45.1 Å². The average Bonchev–Trinajstić information content (AvgIpc) is 2.75. The lowest BCUT2D eigenvalue weighted by Gasteiger charge is -2.17. The molecule has 0 amide bonds. The predicted octanol–water partition coefficient (Wildman–Crippen LogP) is 2.56. The number of rotatable bonds is 2. The first-order valence-electron chi connectivity index (χ1n) is 6.12. The summed E-state index contributed by atoms with van der Waals surface area (Å²) in [4.78, 5) is 4.29. The number of benzene rings is 1. The van der Waals surface area contributed by atoms with Gasteiger partial charge in [0.2, 0.25) is 0 Å². The Hall–Kier alpha value is -1.61. The number of nitrogens with one attached hydrogen (secondary N) is 1. The minimum atomic E-state index is -0.209. The lowest BCUT2D eigenvalue weighted by molar-refractivity contribution is 0.172. The van der Waals surface area contributed by atoms with Crippen LogP contribution in [0.3, 0.4) is 0 Å². The van der Waals surface area contributed by atoms with E-state index in [1.165, 1.54) is 0 Å². The van der Waals surface area contributed by atoms with Crippen molar-refractivity contribution in [3.63, 3.8) is 0 Å². The monoisotopic (exact) mass is 228 g/mol. The summed E-state index contributed by atoms with van der Waals surface area (Å²) in [5, 5.41) is 14.3. The van der Waals surface area contributed by atoms with Crippen LogP contribution >= 0.6 is 0 Å². The number of hydrogen-bond donors (Lipinski definition) is 2. The summed E-state index contributed by atoms with van der Waals surface area (Å²) >= 11 is 0. The first-order valence-corrected chi connectivity index (χ1v) is 6.12. The number of pyridine rings is 1. The van der Waals surface area contributed by atoms with Gasteiger partial charge in [-0.3, -0.25) is 4.98 Å². The van der Waals surface area contributed by atoms with Crippen LogP contribution in [-0.2, 0) is 0 Å². The fourth-order valence-electron chi connectivity index (χ4n) is 2.49. The summed E-state index contributed by atoms with van der Waals surface area (Å²) in [6.07, 6.45) is 4.66. The van der Waals surface area contributed by atoms with Crippen molar-refractivity contribution in [2.24, 2.45) is 0 Å². The molecule has 1 fully saturated rings. The van der Waals surface area contributed by atoms with E-state index in [1.54, 1.807) is 6.20 Å². The van der Waals surface area contributed by atoms with Crippen molar-refractivity contribution >= 4 is 16.6 Å². The van der Waals surface area contributed by atoms with Gasteiger partial charge in [-0.2, -0.15) is 0 Å². The Morgan fingerprint density at radius 1 is 1.24 bits per heavy atom. The standard InChI is InChI=1S/C14H16N2O/c17-14-5-1-4-13(14)16-11-6-7-12-10(9-11)3-2-8-15-12/h2-3,6-9,13-14,16-17H,1,4-5H2/t13-,14-/m1/s1. The highest BCUT2D eigenvalue weighted by Crippen LogP contribution is 2.24. The van der Waals surface area contributed by atoms with Crippen molar-refractivity contribution in [1.29, 1.82) is 0 Å². The molecule has 0 saturated heterocycles. The van der Waals surface area contributed by atoms with E-state index >= 15 is 0 Å². The second kappa shape index (κ2) is 4.34. The fourth-order valence-corrected chi connectivity index (χ4v) is 2.49. The first kappa shape index (κ1) is 10.5. The predicted molar refractivity (Wildman–Crippen MR) is 69.0 cm³/mol. The minimum absolute atomic E-state index is 0.198. The molecule has 2 aromatic rings. The molecule has 1 aromatic heterocycles. The minimum Gasteiger partial charge on any atom is -0.391 e. The van der Waals surface area contributed by atoms with Gasteiger partial charge in [0.15, 0.2) is 0 Å². The van der Waals surface area contributed by atoms with Gasteiger partial charge in [0.05, 0.1) is 17.7 Å². The molecular weight excluding hydrogens is 212 g/mol. The fraction of sp³-hybridized carbons (Fsp3) is 0.357. The van der Waals surface area contributed by atoms with E-state index < -0.39 is 0 Å². The van der Waals surface area contributed by atoms with E-state index in [-0.39, 0.29) is 12.1 Å². The molecule has 3 rings (SSSR count). The summed E-state index contributed by atoms with van der Waals surface area (Å²) in [7, 11) is 0. The SMILES string of the molecule is O[C@@H]1CCC[C@H]1Nc1ccc2ncccc2c1. The van der Waals surface area contributed by atoms with Gasteiger partial charge in [-0.25, -0.2) is 0 Å². The van der Waals surface area contributed by atoms with Crippen LogP contribution in [0.2, 0.25) is 0 Å². The lowest BCUT2D eigenvalue weighted by Crippen LogP contribution is -2.27. The highest BCUT2D eigenvalue weighted by molar-refractivity contribution is 5.82. The molecule has 2 N–H and O–H groups in total. The number of hydrogen-bond acceptors (Lipinski definition) is 3. The number of aliphatic hydroxyl groups is 1. The molecule has 1 heterocycles. The smallest absolute Gasteiger partial charge is 0.0741 e. The molecule has 0 aliphatic heterocycles. The summed E-state index contributed by atoms with van der Waals surface area (Å²) < 4.78 is 0. The second-order valence-electron chi connectivity index (χ2n) is 4.66. The highest BCUT2D eigenvalue weighted by Gasteiger charge is 2.24. The first-order chi connectivity index (χ1) is 8.33. The molecule has 1 aliphatic carbocycles. The third kappa shape index (κ3) is 2.11. The molecule has 3 heteroatoms. The molecular formula is C14H16N2O. The van der Waals surface area contributed by atoms with Crippen molar-refractivity contribution < 1.29 is 5.11 Å². The zero-order valence-corrected chi connectivity index (χ0v) is 9.63. The Kier molecular flexibility index (Phi) is 2.69. The Morgan fingerprint density at radius 2 is 2.18 bits per heavy atom. The normalized spacial score (nSPS) is 24.1. The van der Waals surface area contributed by atoms with Crippen molar-refractivity contribution in [1.82, 2.24) is 4.98 Å². The van der Waals surface area contributed by atoms with Crippen LogP contribution in [0.25, 0.3) is 10.9 Å². The van der Waals surface area contributed by atoms with Gasteiger partial charge in [-0.1, -0.05) is 6.07 Å². The molecule has 88 valence electrons. The van der Waals surface area contributed by atoms with E-state index in [2.05, 4.69) is 22.4 Å². The van der Waals surface area contributed by atoms with Crippen LogP contribution in [0.15, 0.2) is 36.5 Å². The second-order valence-corrected chi connectivity index (χ2v) is 4.66. The molecule has 1 aromatic carbocycles. The number of anilines is 1. The number of nitrogens with zero attached hydrogens (tertiary/aromatic N) is 1. The Bertz CT molecular complexity index is 526. The third-order valence-corrected chi connectivity index (χ3v) is 3.43. The number of aromatic nitrogens is 1. The molecule has 2 atom stereocenters. The maximum atomic E-state index is 9.79. The third-order valence-electron chi connectivity index (χ3n) is 3.43. The van der Waals surface area contributed by atoms with Crippen LogP contribution in [0.4, 0.5) is 5.69 Å². The maximum Gasteiger partial charge on any atom is 0.0741 e. The van der Waals surface area contributed by atoms with E-state index in [0.717, 1.165) is 35.9 Å². The van der Waals surface area contributed by atoms with E-state index in [4.69, 9.17) is 0 Å². The summed E-state index contributed by atoms with van der Waals surface area (Å²) in [5.41, 5.74) is 2.07. The molecule has 0 spiro atoms. The van der Waals surface area contributed by atoms with Gasteiger partial charge in [0, 0.05) is 17.3 Å². The molecule has 1 saturated carbocycles. The van der Waals surface area contributed by atoms with Crippen LogP contribution in [-0.4, -0.2) is 22.2 Å². The Labute approximate surface area is 100 Å². The van der Waals surface area contributed by atoms with E-state index in [0.29, 0.717) is 0 Å². The molecule has 1 aliphatic rings. The van der Waals surface area contributed by atoms with E-state index in [9.17, 15) is 5.11 Å². The van der Waals surface area contributed by atoms with Gasteiger partial charge in [-0.05, 0) is 43.5 Å². The average molecular weight is 228 g/mol. The van der Waals surface area contributed by atoms with E-state index in [1.807, 2.05) is 18.2 Å². The summed E-state index contributed by atoms with van der Waals surface area (Å²) in [5.74, 6) is 0. The largest absolute Gasteiger partial charge is 0.391 e. The highest BCUT2D eigenvalue weighted by atomic mass is 16.3. The van der Waals surface area contributed by atoms with Gasteiger partial charge >= 0.3 is 0 Å². The van der Waals surface area contributed by atoms with Crippen LogP contribution in [0.5, 0.6) is 0 Å². The van der Waals surface area contributed by atoms with Crippen LogP contribution in [0, 0.1) is 0 Å². The van der Waals surface area contributed by atoms with Gasteiger partial charge in [-0.15, -0.1) is 0 Å². The molecule has 0 bridgehead atoms. The summed E-state index contributed by atoms with van der Waals surface area (Å²) in [6.45, 7) is 0. The van der Waals surface area contributed by atoms with Gasteiger partial charge in [0.1, 0.15) is 0 Å². The van der Waals surface area contributed by atoms with Crippen molar-refractivity contribution in [2.45, 2.75) is 31.4 Å². The van der Waals surface area contributed by atoms with Crippen molar-refractivity contribution in [2.75, 3.05) is 5.32 Å². The molecule has 17 heavy (non-hydrogen) atoms. The zero-order chi connectivity index (χ0) is 11.7. The van der Waals surface area contributed by atoms with Gasteiger partial charge < -0.3 is 10.4 Å². The van der Waals surface area contributed by atoms with Crippen molar-refractivity contribution in [3.8, 4) is 0 Å². The lowest BCUT2D eigenvalue weighted by atomic mass is 10.1. The van der Waals surface area contributed by atoms with Gasteiger partial charge in [0.25, 0.3) is 0 Å². The maximum absolute atomic E-state index is 9.79. The summed E-state index contributed by atoms with van der Waals surface area (Å²) in [6, 6.07) is 10.3.